The lowest BCUT2D eigenvalue weighted by Gasteiger charge is -2.41. The van der Waals surface area contributed by atoms with Crippen LogP contribution in [-0.4, -0.2) is 48.2 Å². The van der Waals surface area contributed by atoms with Gasteiger partial charge in [-0.15, -0.1) is 0 Å². The highest BCUT2D eigenvalue weighted by Gasteiger charge is 2.41. The lowest BCUT2D eigenvalue weighted by Crippen LogP contribution is -2.54. The number of benzene rings is 1. The van der Waals surface area contributed by atoms with Gasteiger partial charge in [0.15, 0.2) is 0 Å². The molecule has 5 nitrogen and oxygen atoms in total. The third-order valence-corrected chi connectivity index (χ3v) is 6.76. The summed E-state index contributed by atoms with van der Waals surface area (Å²) in [6.45, 7) is 15.3. The number of sulfonamides is 1. The van der Waals surface area contributed by atoms with Crippen LogP contribution >= 0.6 is 0 Å². The van der Waals surface area contributed by atoms with E-state index in [1.165, 1.54) is 4.31 Å². The third-order valence-electron chi connectivity index (χ3n) is 4.39. The summed E-state index contributed by atoms with van der Waals surface area (Å²) >= 11 is 0. The fraction of sp³-hybridized carbons (Fsp3) is 0.700. The monoisotopic (exact) mass is 385 g/mol. The molecule has 0 aliphatic rings. The fourth-order valence-electron chi connectivity index (χ4n) is 3.04. The Bertz CT molecular complexity index is 705. The van der Waals surface area contributed by atoms with Crippen molar-refractivity contribution in [1.82, 2.24) is 4.31 Å². The molecule has 1 rings (SSSR count). The van der Waals surface area contributed by atoms with E-state index in [2.05, 4.69) is 0 Å². The van der Waals surface area contributed by atoms with Crippen LogP contribution in [0.25, 0.3) is 0 Å². The van der Waals surface area contributed by atoms with Crippen molar-refractivity contribution in [2.45, 2.75) is 83.9 Å². The predicted molar refractivity (Wildman–Crippen MR) is 106 cm³/mol. The van der Waals surface area contributed by atoms with Gasteiger partial charge in [0.05, 0.1) is 17.1 Å². The van der Waals surface area contributed by atoms with Crippen LogP contribution in [0.1, 0.15) is 59.1 Å². The smallest absolute Gasteiger partial charge is 0.244 e. The largest absolute Gasteiger partial charge is 0.395 e. The molecule has 0 aromatic heterocycles. The zero-order chi connectivity index (χ0) is 20.3. The summed E-state index contributed by atoms with van der Waals surface area (Å²) in [5, 5.41) is 9.72. The molecule has 0 aliphatic carbocycles. The van der Waals surface area contributed by atoms with E-state index in [1.54, 1.807) is 19.9 Å². The molecule has 1 aromatic carbocycles. The summed E-state index contributed by atoms with van der Waals surface area (Å²) in [4.78, 5) is 0.294. The van der Waals surface area contributed by atoms with Crippen LogP contribution < -0.4 is 0 Å². The molecule has 1 atom stereocenters. The highest BCUT2D eigenvalue weighted by molar-refractivity contribution is 7.89. The van der Waals surface area contributed by atoms with E-state index in [9.17, 15) is 13.5 Å². The maximum atomic E-state index is 13.5. The average molecular weight is 386 g/mol. The second kappa shape index (κ2) is 8.38. The molecule has 150 valence electrons. The number of ether oxygens (including phenoxy) is 1. The molecule has 1 N–H and O–H groups in total. The van der Waals surface area contributed by atoms with Crippen LogP contribution in [0.15, 0.2) is 23.1 Å². The molecule has 0 heterocycles. The SMILES string of the molecule is Cc1ccc(C)c(S(=O)(=O)N(C(C)CO)C(C)(C)CCOC(C)(C)C)c1. The standard InChI is InChI=1S/C20H35NO4S/c1-15-9-10-16(2)18(13-15)26(23,24)21(17(3)14-22)20(7,8)11-12-25-19(4,5)6/h9-10,13,17,22H,11-12,14H2,1-8H3. The van der Waals surface area contributed by atoms with Gasteiger partial charge in [0.25, 0.3) is 0 Å². The zero-order valence-electron chi connectivity index (χ0n) is 17.5. The molecule has 0 spiro atoms. The molecular formula is C20H35NO4S. The van der Waals surface area contributed by atoms with Gasteiger partial charge in [0.2, 0.25) is 10.0 Å². The third kappa shape index (κ3) is 5.78. The van der Waals surface area contributed by atoms with Crippen molar-refractivity contribution in [3.8, 4) is 0 Å². The molecule has 1 aromatic rings. The number of aliphatic hydroxyl groups excluding tert-OH is 1. The van der Waals surface area contributed by atoms with Crippen molar-refractivity contribution in [3.05, 3.63) is 29.3 Å². The normalized spacial score (nSPS) is 14.7. The van der Waals surface area contributed by atoms with Crippen LogP contribution in [0.5, 0.6) is 0 Å². The number of hydrogen-bond donors (Lipinski definition) is 1. The van der Waals surface area contributed by atoms with E-state index in [4.69, 9.17) is 4.74 Å². The average Bonchev–Trinajstić information content (AvgIpc) is 2.47. The Balaban J connectivity index is 3.29. The van der Waals surface area contributed by atoms with E-state index < -0.39 is 21.6 Å². The highest BCUT2D eigenvalue weighted by Crippen LogP contribution is 2.32. The van der Waals surface area contributed by atoms with Gasteiger partial charge in [-0.25, -0.2) is 8.42 Å². The van der Waals surface area contributed by atoms with Crippen LogP contribution in [0.3, 0.4) is 0 Å². The van der Waals surface area contributed by atoms with E-state index in [-0.39, 0.29) is 12.2 Å². The van der Waals surface area contributed by atoms with Crippen molar-refractivity contribution < 1.29 is 18.3 Å². The predicted octanol–water partition coefficient (Wildman–Crippen LogP) is 3.66. The maximum absolute atomic E-state index is 13.5. The Morgan fingerprint density at radius 1 is 1.15 bits per heavy atom. The first kappa shape index (κ1) is 23.1. The quantitative estimate of drug-likeness (QED) is 0.742. The molecule has 0 aliphatic heterocycles. The lowest BCUT2D eigenvalue weighted by atomic mass is 9.99. The van der Waals surface area contributed by atoms with E-state index in [0.29, 0.717) is 23.5 Å². The van der Waals surface area contributed by atoms with Crippen molar-refractivity contribution in [1.29, 1.82) is 0 Å². The van der Waals surface area contributed by atoms with Crippen LogP contribution in [-0.2, 0) is 14.8 Å². The molecule has 0 bridgehead atoms. The first-order valence-electron chi connectivity index (χ1n) is 9.09. The van der Waals surface area contributed by atoms with E-state index in [0.717, 1.165) is 5.56 Å². The molecule has 26 heavy (non-hydrogen) atoms. The number of nitrogens with zero attached hydrogens (tertiary/aromatic N) is 1. The van der Waals surface area contributed by atoms with Gasteiger partial charge in [-0.3, -0.25) is 0 Å². The lowest BCUT2D eigenvalue weighted by molar-refractivity contribution is -0.0200. The first-order chi connectivity index (χ1) is 11.7. The Morgan fingerprint density at radius 3 is 2.23 bits per heavy atom. The minimum Gasteiger partial charge on any atom is -0.395 e. The summed E-state index contributed by atoms with van der Waals surface area (Å²) in [7, 11) is -3.77. The Hall–Kier alpha value is -0.950. The van der Waals surface area contributed by atoms with Crippen LogP contribution in [0, 0.1) is 13.8 Å². The van der Waals surface area contributed by atoms with E-state index in [1.807, 2.05) is 53.7 Å². The van der Waals surface area contributed by atoms with Gasteiger partial charge >= 0.3 is 0 Å². The van der Waals surface area contributed by atoms with Gasteiger partial charge in [-0.1, -0.05) is 12.1 Å². The first-order valence-corrected chi connectivity index (χ1v) is 10.5. The van der Waals surface area contributed by atoms with Crippen LogP contribution in [0.4, 0.5) is 0 Å². The highest BCUT2D eigenvalue weighted by atomic mass is 32.2. The Kier molecular flexibility index (Phi) is 7.44. The summed E-state index contributed by atoms with van der Waals surface area (Å²) in [5.41, 5.74) is 0.602. The zero-order valence-corrected chi connectivity index (χ0v) is 18.3. The Morgan fingerprint density at radius 2 is 1.73 bits per heavy atom. The summed E-state index contributed by atoms with van der Waals surface area (Å²) in [5.74, 6) is 0. The minimum absolute atomic E-state index is 0.242. The van der Waals surface area contributed by atoms with Gasteiger partial charge < -0.3 is 9.84 Å². The molecule has 0 radical (unpaired) electrons. The summed E-state index contributed by atoms with van der Waals surface area (Å²) < 4.78 is 34.2. The molecule has 0 saturated carbocycles. The molecule has 0 amide bonds. The molecular weight excluding hydrogens is 350 g/mol. The van der Waals surface area contributed by atoms with Gasteiger partial charge in [0.1, 0.15) is 0 Å². The van der Waals surface area contributed by atoms with Crippen molar-refractivity contribution in [2.24, 2.45) is 0 Å². The topological polar surface area (TPSA) is 66.8 Å². The summed E-state index contributed by atoms with van der Waals surface area (Å²) in [6.07, 6.45) is 0.526. The fourth-order valence-corrected chi connectivity index (χ4v) is 5.35. The molecule has 1 unspecified atom stereocenters. The molecule has 0 saturated heterocycles. The van der Waals surface area contributed by atoms with Crippen molar-refractivity contribution in [2.75, 3.05) is 13.2 Å². The van der Waals surface area contributed by atoms with Gasteiger partial charge in [-0.2, -0.15) is 4.31 Å². The second-order valence-electron chi connectivity index (χ2n) is 8.62. The van der Waals surface area contributed by atoms with Crippen molar-refractivity contribution >= 4 is 10.0 Å². The number of rotatable bonds is 8. The van der Waals surface area contributed by atoms with Crippen LogP contribution in [0.2, 0.25) is 0 Å². The summed E-state index contributed by atoms with van der Waals surface area (Å²) in [6, 6.07) is 4.88. The molecule has 0 fully saturated rings. The van der Waals surface area contributed by atoms with E-state index >= 15 is 0 Å². The van der Waals surface area contributed by atoms with Crippen molar-refractivity contribution in [3.63, 3.8) is 0 Å². The second-order valence-corrected chi connectivity index (χ2v) is 10.4. The number of aryl methyl sites for hydroxylation is 2. The Labute approximate surface area is 159 Å². The number of aliphatic hydroxyl groups is 1. The number of hydrogen-bond acceptors (Lipinski definition) is 4. The maximum Gasteiger partial charge on any atom is 0.244 e. The minimum atomic E-state index is -3.77. The van der Waals surface area contributed by atoms with Gasteiger partial charge in [0, 0.05) is 18.2 Å². The molecule has 6 heteroatoms. The van der Waals surface area contributed by atoms with Gasteiger partial charge in [-0.05, 0) is 79.0 Å².